The van der Waals surface area contributed by atoms with E-state index >= 15 is 8.78 Å². The zero-order chi connectivity index (χ0) is 19.4. The third-order valence-electron chi connectivity index (χ3n) is 7.77. The van der Waals surface area contributed by atoms with Crippen LogP contribution in [0.4, 0.5) is 8.78 Å². The van der Waals surface area contributed by atoms with Gasteiger partial charge in [-0.15, -0.1) is 0 Å². The number of fused-ring (bicyclic) bond motifs is 5. The summed E-state index contributed by atoms with van der Waals surface area (Å²) in [5.41, 5.74) is 1.41. The first-order valence-electron chi connectivity index (χ1n) is 10.0. The van der Waals surface area contributed by atoms with E-state index in [1.807, 2.05) is 12.1 Å². The summed E-state index contributed by atoms with van der Waals surface area (Å²) in [5, 5.41) is 9.79. The Labute approximate surface area is 159 Å². The Bertz CT molecular complexity index is 747. The van der Waals surface area contributed by atoms with E-state index in [0.717, 1.165) is 24.8 Å². The first kappa shape index (κ1) is 18.7. The average molecular weight is 378 g/mol. The third kappa shape index (κ3) is 2.85. The maximum atomic E-state index is 15.1. The molecule has 0 bridgehead atoms. The molecule has 2 saturated carbocycles. The number of hydrogen-bond donors (Lipinski definition) is 1. The van der Waals surface area contributed by atoms with E-state index in [9.17, 15) is 9.90 Å². The van der Waals surface area contributed by atoms with E-state index < -0.39 is 11.3 Å². The monoisotopic (exact) mass is 378 g/mol. The molecule has 0 amide bonds. The molecule has 3 aliphatic rings. The molecule has 148 valence electrons. The van der Waals surface area contributed by atoms with Crippen molar-refractivity contribution < 1.29 is 23.4 Å². The van der Waals surface area contributed by atoms with Crippen LogP contribution in [0.1, 0.15) is 62.5 Å². The van der Waals surface area contributed by atoms with Crippen molar-refractivity contribution >= 4 is 5.97 Å². The lowest BCUT2D eigenvalue weighted by molar-refractivity contribution is -0.141. The van der Waals surface area contributed by atoms with Gasteiger partial charge in [0, 0.05) is 18.3 Å². The van der Waals surface area contributed by atoms with E-state index in [0.29, 0.717) is 12.8 Å². The number of phenols is 1. The Morgan fingerprint density at radius 1 is 1.33 bits per heavy atom. The molecule has 27 heavy (non-hydrogen) atoms. The van der Waals surface area contributed by atoms with Crippen LogP contribution in [0.3, 0.4) is 0 Å². The lowest BCUT2D eigenvalue weighted by atomic mass is 9.53. The molecule has 0 radical (unpaired) electrons. The van der Waals surface area contributed by atoms with Crippen LogP contribution in [-0.2, 0) is 16.0 Å². The molecule has 1 unspecified atom stereocenters. The van der Waals surface area contributed by atoms with Crippen molar-refractivity contribution in [2.75, 3.05) is 7.11 Å². The first-order chi connectivity index (χ1) is 12.8. The lowest BCUT2D eigenvalue weighted by Gasteiger charge is -2.51. The molecule has 1 N–H and O–H groups in total. The second-order valence-electron chi connectivity index (χ2n) is 8.96. The number of hydrogen-bond acceptors (Lipinski definition) is 3. The minimum Gasteiger partial charge on any atom is -0.508 e. The number of esters is 1. The molecule has 0 heterocycles. The van der Waals surface area contributed by atoms with Crippen LogP contribution < -0.4 is 0 Å². The molecule has 1 aromatic rings. The fourth-order valence-corrected chi connectivity index (χ4v) is 6.49. The molecule has 0 aliphatic heterocycles. The van der Waals surface area contributed by atoms with Gasteiger partial charge in [0.2, 0.25) is 0 Å². The van der Waals surface area contributed by atoms with Gasteiger partial charge in [-0.1, -0.05) is 13.0 Å². The molecule has 4 rings (SSSR count). The van der Waals surface area contributed by atoms with Crippen molar-refractivity contribution in [1.82, 2.24) is 0 Å². The number of rotatable bonds is 3. The summed E-state index contributed by atoms with van der Waals surface area (Å²) in [6.07, 6.45) is 3.57. The minimum atomic E-state index is -2.68. The quantitative estimate of drug-likeness (QED) is 0.748. The smallest absolute Gasteiger partial charge is 0.305 e. The largest absolute Gasteiger partial charge is 0.508 e. The molecule has 1 aromatic carbocycles. The van der Waals surface area contributed by atoms with Crippen LogP contribution in [0.15, 0.2) is 18.2 Å². The van der Waals surface area contributed by atoms with Gasteiger partial charge in [0.1, 0.15) is 5.75 Å². The molecule has 0 saturated heterocycles. The predicted octanol–water partition coefficient (Wildman–Crippen LogP) is 5.06. The highest BCUT2D eigenvalue weighted by Gasteiger charge is 2.67. The van der Waals surface area contributed by atoms with Gasteiger partial charge in [-0.3, -0.25) is 4.79 Å². The fraction of sp³-hybridized carbons (Fsp3) is 0.682. The molecular formula is C22H28F2O3. The average Bonchev–Trinajstić information content (AvgIpc) is 2.84. The van der Waals surface area contributed by atoms with Crippen LogP contribution in [-0.4, -0.2) is 24.1 Å². The first-order valence-corrected chi connectivity index (χ1v) is 10.0. The predicted molar refractivity (Wildman–Crippen MR) is 97.8 cm³/mol. The van der Waals surface area contributed by atoms with Gasteiger partial charge in [-0.2, -0.15) is 0 Å². The van der Waals surface area contributed by atoms with E-state index in [-0.39, 0.29) is 48.2 Å². The third-order valence-corrected chi connectivity index (χ3v) is 7.77. The highest BCUT2D eigenvalue weighted by Crippen LogP contribution is 2.68. The Hall–Kier alpha value is -1.65. The van der Waals surface area contributed by atoms with Gasteiger partial charge in [0.25, 0.3) is 5.92 Å². The number of aryl methyl sites for hydroxylation is 1. The molecular weight excluding hydrogens is 350 g/mol. The Morgan fingerprint density at radius 3 is 2.85 bits per heavy atom. The van der Waals surface area contributed by atoms with Crippen LogP contribution >= 0.6 is 0 Å². The molecule has 0 aromatic heterocycles. The van der Waals surface area contributed by atoms with Crippen molar-refractivity contribution in [3.8, 4) is 5.75 Å². The second-order valence-corrected chi connectivity index (χ2v) is 8.96. The topological polar surface area (TPSA) is 46.5 Å². The van der Waals surface area contributed by atoms with Gasteiger partial charge < -0.3 is 9.84 Å². The summed E-state index contributed by atoms with van der Waals surface area (Å²) in [6.45, 7) is 1.78. The van der Waals surface area contributed by atoms with Crippen molar-refractivity contribution in [1.29, 1.82) is 0 Å². The van der Waals surface area contributed by atoms with Crippen LogP contribution in [0.25, 0.3) is 0 Å². The molecule has 3 aliphatic carbocycles. The number of halogens is 2. The number of benzene rings is 1. The summed E-state index contributed by atoms with van der Waals surface area (Å²) >= 11 is 0. The summed E-state index contributed by atoms with van der Waals surface area (Å²) in [5.74, 6) is -2.44. The van der Waals surface area contributed by atoms with Crippen LogP contribution in [0, 0.1) is 23.2 Å². The number of alkyl halides is 2. The number of carbonyl (C=O) groups is 1. The zero-order valence-corrected chi connectivity index (χ0v) is 16.0. The van der Waals surface area contributed by atoms with Gasteiger partial charge in [0.05, 0.1) is 7.11 Å². The molecule has 2 fully saturated rings. The van der Waals surface area contributed by atoms with E-state index in [2.05, 4.69) is 0 Å². The standard InChI is InChI=1S/C22H28F2O3/c1-21-10-9-17-16-7-5-15(25)11-13(16)3-6-18(17)20(21)14(12-22(21,23)24)4-8-19(26)27-2/h5,7,11,14,17-18,20,25H,3-4,6,8-10,12H2,1-2H3/t14?,17-,18-,20+,21+/m1/s1. The van der Waals surface area contributed by atoms with Crippen molar-refractivity contribution in [3.05, 3.63) is 29.3 Å². The number of phenolic OH excluding ortho intramolecular Hbond substituents is 1. The summed E-state index contributed by atoms with van der Waals surface area (Å²) in [6, 6.07) is 5.53. The van der Waals surface area contributed by atoms with E-state index in [1.165, 1.54) is 12.7 Å². The SMILES string of the molecule is COC(=O)CCC1CC(F)(F)[C@@]2(C)CC[C@@H]3c4ccc(O)cc4CC[C@H]3[C@H]12. The van der Waals surface area contributed by atoms with Crippen molar-refractivity contribution in [3.63, 3.8) is 0 Å². The highest BCUT2D eigenvalue weighted by atomic mass is 19.3. The Morgan fingerprint density at radius 2 is 2.11 bits per heavy atom. The summed E-state index contributed by atoms with van der Waals surface area (Å²) in [7, 11) is 1.35. The van der Waals surface area contributed by atoms with Crippen molar-refractivity contribution in [2.45, 2.75) is 63.7 Å². The normalized spacial score (nSPS) is 36.4. The van der Waals surface area contributed by atoms with Gasteiger partial charge in [-0.05, 0) is 79.0 Å². The van der Waals surface area contributed by atoms with Crippen LogP contribution in [0.5, 0.6) is 5.75 Å². The van der Waals surface area contributed by atoms with Gasteiger partial charge >= 0.3 is 5.97 Å². The summed E-state index contributed by atoms with van der Waals surface area (Å²) in [4.78, 5) is 11.6. The van der Waals surface area contributed by atoms with Gasteiger partial charge in [0.15, 0.2) is 0 Å². The Kier molecular flexibility index (Phi) is 4.47. The zero-order valence-electron chi connectivity index (χ0n) is 16.0. The summed E-state index contributed by atoms with van der Waals surface area (Å²) < 4.78 is 34.9. The van der Waals surface area contributed by atoms with Crippen LogP contribution in [0.2, 0.25) is 0 Å². The van der Waals surface area contributed by atoms with E-state index in [4.69, 9.17) is 4.74 Å². The number of methoxy groups -OCH3 is 1. The highest BCUT2D eigenvalue weighted by molar-refractivity contribution is 5.69. The number of carbonyl (C=O) groups excluding carboxylic acids is 1. The lowest BCUT2D eigenvalue weighted by Crippen LogP contribution is -2.47. The maximum absolute atomic E-state index is 15.1. The number of ether oxygens (including phenoxy) is 1. The maximum Gasteiger partial charge on any atom is 0.305 e. The molecule has 3 nitrogen and oxygen atoms in total. The molecule has 0 spiro atoms. The minimum absolute atomic E-state index is 0.0714. The van der Waals surface area contributed by atoms with Crippen molar-refractivity contribution in [2.24, 2.45) is 23.2 Å². The number of aromatic hydroxyl groups is 1. The molecule has 5 heteroatoms. The van der Waals surface area contributed by atoms with Gasteiger partial charge in [-0.25, -0.2) is 8.78 Å². The molecule has 5 atom stereocenters. The van der Waals surface area contributed by atoms with E-state index in [1.54, 1.807) is 13.0 Å². The fourth-order valence-electron chi connectivity index (χ4n) is 6.49. The Balaban J connectivity index is 1.66. The second kappa shape index (κ2) is 6.46.